The fourth-order valence-electron chi connectivity index (χ4n) is 2.94. The Morgan fingerprint density at radius 3 is 2.39 bits per heavy atom. The molecule has 3 rings (SSSR count). The Bertz CT molecular complexity index is 1050. The molecule has 0 aliphatic rings. The number of para-hydroxylation sites is 1. The van der Waals surface area contributed by atoms with Crippen molar-refractivity contribution in [1.29, 1.82) is 0 Å². The summed E-state index contributed by atoms with van der Waals surface area (Å²) in [6.45, 7) is 7.81. The van der Waals surface area contributed by atoms with Gasteiger partial charge in [-0.05, 0) is 63.1 Å². The summed E-state index contributed by atoms with van der Waals surface area (Å²) in [5.41, 5.74) is 2.76. The van der Waals surface area contributed by atoms with Crippen LogP contribution in [0.4, 0.5) is 0 Å². The standard InChI is InChI=1S/C25H28N2O4/c1-18-16-27(5)23(30-21-9-7-6-8-10-21)22(18)15-26-29-17-19-11-13-20(14-12-19)24(28)31-25(2,3)4/h6-16H,17H2,1-5H3/b26-15+. The molecule has 1 heterocycles. The first-order chi connectivity index (χ1) is 14.7. The number of carbonyl (C=O) groups excluding carboxylic acids is 1. The van der Waals surface area contributed by atoms with E-state index in [9.17, 15) is 4.79 Å². The zero-order valence-electron chi connectivity index (χ0n) is 18.6. The monoisotopic (exact) mass is 420 g/mol. The van der Waals surface area contributed by atoms with E-state index in [4.69, 9.17) is 14.3 Å². The highest BCUT2D eigenvalue weighted by atomic mass is 16.6. The molecule has 0 radical (unpaired) electrons. The highest BCUT2D eigenvalue weighted by molar-refractivity contribution is 5.89. The first kappa shape index (κ1) is 22.2. The molecule has 0 aliphatic heterocycles. The molecule has 2 aromatic carbocycles. The Balaban J connectivity index is 1.61. The van der Waals surface area contributed by atoms with Crippen LogP contribution in [0, 0.1) is 6.92 Å². The molecular weight excluding hydrogens is 392 g/mol. The minimum atomic E-state index is -0.522. The van der Waals surface area contributed by atoms with Gasteiger partial charge in [0.1, 0.15) is 18.0 Å². The first-order valence-electron chi connectivity index (χ1n) is 10.1. The van der Waals surface area contributed by atoms with Crippen LogP contribution in [0.2, 0.25) is 0 Å². The van der Waals surface area contributed by atoms with Crippen molar-refractivity contribution in [2.24, 2.45) is 12.2 Å². The van der Waals surface area contributed by atoms with Crippen molar-refractivity contribution in [3.8, 4) is 11.6 Å². The van der Waals surface area contributed by atoms with Crippen molar-refractivity contribution in [2.45, 2.75) is 39.9 Å². The van der Waals surface area contributed by atoms with Gasteiger partial charge in [0.15, 0.2) is 0 Å². The zero-order chi connectivity index (χ0) is 22.4. The molecule has 0 N–H and O–H groups in total. The van der Waals surface area contributed by atoms with E-state index in [-0.39, 0.29) is 12.6 Å². The van der Waals surface area contributed by atoms with Gasteiger partial charge in [-0.3, -0.25) is 0 Å². The predicted octanol–water partition coefficient (Wildman–Crippen LogP) is 5.63. The largest absolute Gasteiger partial charge is 0.456 e. The van der Waals surface area contributed by atoms with E-state index in [2.05, 4.69) is 5.16 Å². The lowest BCUT2D eigenvalue weighted by Gasteiger charge is -2.19. The number of oxime groups is 1. The maximum atomic E-state index is 12.1. The van der Waals surface area contributed by atoms with Gasteiger partial charge >= 0.3 is 5.97 Å². The minimum absolute atomic E-state index is 0.284. The van der Waals surface area contributed by atoms with Gasteiger partial charge in [-0.25, -0.2) is 4.79 Å². The number of nitrogens with zero attached hydrogens (tertiary/aromatic N) is 2. The van der Waals surface area contributed by atoms with Gasteiger partial charge in [0.2, 0.25) is 5.88 Å². The third-order valence-corrected chi connectivity index (χ3v) is 4.40. The Kier molecular flexibility index (Phi) is 6.80. The molecule has 0 fully saturated rings. The summed E-state index contributed by atoms with van der Waals surface area (Å²) in [4.78, 5) is 17.6. The third-order valence-electron chi connectivity index (χ3n) is 4.40. The topological polar surface area (TPSA) is 62.0 Å². The molecule has 0 amide bonds. The van der Waals surface area contributed by atoms with Crippen LogP contribution >= 0.6 is 0 Å². The Hall–Kier alpha value is -3.54. The van der Waals surface area contributed by atoms with Crippen LogP contribution < -0.4 is 4.74 Å². The Labute approximate surface area is 183 Å². The van der Waals surface area contributed by atoms with Gasteiger partial charge in [0, 0.05) is 13.2 Å². The van der Waals surface area contributed by atoms with E-state index >= 15 is 0 Å². The number of rotatable bonds is 7. The molecule has 0 bridgehead atoms. The van der Waals surface area contributed by atoms with Gasteiger partial charge < -0.3 is 18.9 Å². The summed E-state index contributed by atoms with van der Waals surface area (Å²) in [6.07, 6.45) is 3.64. The number of esters is 1. The molecule has 0 unspecified atom stereocenters. The lowest BCUT2D eigenvalue weighted by atomic mass is 10.1. The summed E-state index contributed by atoms with van der Waals surface area (Å²) in [6, 6.07) is 16.7. The number of aryl methyl sites for hydroxylation is 2. The van der Waals surface area contributed by atoms with Crippen LogP contribution in [-0.4, -0.2) is 22.4 Å². The average molecular weight is 421 g/mol. The average Bonchev–Trinajstić information content (AvgIpc) is 2.98. The van der Waals surface area contributed by atoms with E-state index in [1.807, 2.05) is 88.0 Å². The van der Waals surface area contributed by atoms with Gasteiger partial charge in [-0.15, -0.1) is 0 Å². The van der Waals surface area contributed by atoms with Crippen LogP contribution in [0.3, 0.4) is 0 Å². The highest BCUT2D eigenvalue weighted by Gasteiger charge is 2.17. The lowest BCUT2D eigenvalue weighted by Crippen LogP contribution is -2.23. The summed E-state index contributed by atoms with van der Waals surface area (Å²) in [7, 11) is 1.93. The van der Waals surface area contributed by atoms with Crippen molar-refractivity contribution in [3.63, 3.8) is 0 Å². The molecule has 0 saturated carbocycles. The number of hydrogen-bond donors (Lipinski definition) is 0. The second-order valence-electron chi connectivity index (χ2n) is 8.26. The van der Waals surface area contributed by atoms with Crippen LogP contribution in [0.5, 0.6) is 11.6 Å². The Morgan fingerprint density at radius 1 is 1.06 bits per heavy atom. The van der Waals surface area contributed by atoms with Crippen molar-refractivity contribution in [1.82, 2.24) is 4.57 Å². The molecule has 0 spiro atoms. The minimum Gasteiger partial charge on any atom is -0.456 e. The molecule has 0 aliphatic carbocycles. The maximum Gasteiger partial charge on any atom is 0.338 e. The van der Waals surface area contributed by atoms with E-state index in [0.717, 1.165) is 22.4 Å². The second kappa shape index (κ2) is 9.51. The van der Waals surface area contributed by atoms with Crippen molar-refractivity contribution in [2.75, 3.05) is 0 Å². The van der Waals surface area contributed by atoms with Crippen molar-refractivity contribution >= 4 is 12.2 Å². The molecule has 3 aromatic rings. The van der Waals surface area contributed by atoms with Crippen LogP contribution in [0.15, 0.2) is 65.9 Å². The van der Waals surface area contributed by atoms with E-state index in [1.165, 1.54) is 0 Å². The fourth-order valence-corrected chi connectivity index (χ4v) is 2.94. The summed E-state index contributed by atoms with van der Waals surface area (Å²) in [5.74, 6) is 1.10. The molecule has 6 heteroatoms. The quantitative estimate of drug-likeness (QED) is 0.282. The van der Waals surface area contributed by atoms with Gasteiger partial charge in [0.05, 0.1) is 17.3 Å². The zero-order valence-corrected chi connectivity index (χ0v) is 18.6. The third kappa shape index (κ3) is 6.22. The van der Waals surface area contributed by atoms with E-state index in [0.29, 0.717) is 11.4 Å². The van der Waals surface area contributed by atoms with Crippen LogP contribution in [0.1, 0.15) is 47.8 Å². The predicted molar refractivity (Wildman–Crippen MR) is 121 cm³/mol. The maximum absolute atomic E-state index is 12.1. The van der Waals surface area contributed by atoms with Gasteiger partial charge in [0.25, 0.3) is 0 Å². The number of hydrogen-bond acceptors (Lipinski definition) is 5. The smallest absolute Gasteiger partial charge is 0.338 e. The van der Waals surface area contributed by atoms with Crippen LogP contribution in [-0.2, 0) is 23.2 Å². The van der Waals surface area contributed by atoms with Gasteiger partial charge in [-0.2, -0.15) is 0 Å². The van der Waals surface area contributed by atoms with E-state index < -0.39 is 5.60 Å². The number of benzene rings is 2. The number of carbonyl (C=O) groups is 1. The lowest BCUT2D eigenvalue weighted by molar-refractivity contribution is 0.00694. The number of ether oxygens (including phenoxy) is 2. The van der Waals surface area contributed by atoms with Crippen molar-refractivity contribution < 1.29 is 19.1 Å². The molecule has 6 nitrogen and oxygen atoms in total. The Morgan fingerprint density at radius 2 is 1.74 bits per heavy atom. The fraction of sp³-hybridized carbons (Fsp3) is 0.280. The first-order valence-corrected chi connectivity index (χ1v) is 10.1. The molecular formula is C25H28N2O4. The summed E-state index contributed by atoms with van der Waals surface area (Å²) < 4.78 is 13.3. The second-order valence-corrected chi connectivity index (χ2v) is 8.26. The van der Waals surface area contributed by atoms with Crippen LogP contribution in [0.25, 0.3) is 0 Å². The summed E-state index contributed by atoms with van der Waals surface area (Å²) in [5, 5.41) is 4.11. The SMILES string of the molecule is Cc1cn(C)c(Oc2ccccc2)c1/C=N/OCc1ccc(C(=O)OC(C)(C)C)cc1. The summed E-state index contributed by atoms with van der Waals surface area (Å²) >= 11 is 0. The molecule has 1 aromatic heterocycles. The normalized spacial score (nSPS) is 11.5. The van der Waals surface area contributed by atoms with Gasteiger partial charge in [-0.1, -0.05) is 35.5 Å². The molecule has 31 heavy (non-hydrogen) atoms. The molecule has 0 saturated heterocycles. The highest BCUT2D eigenvalue weighted by Crippen LogP contribution is 2.27. The number of aromatic nitrogens is 1. The van der Waals surface area contributed by atoms with Crippen molar-refractivity contribution in [3.05, 3.63) is 83.0 Å². The molecule has 0 atom stereocenters. The molecule has 162 valence electrons. The van der Waals surface area contributed by atoms with E-state index in [1.54, 1.807) is 18.3 Å².